The molecule has 0 fully saturated rings. The Balaban J connectivity index is 2.28. The summed E-state index contributed by atoms with van der Waals surface area (Å²) in [7, 11) is 0. The summed E-state index contributed by atoms with van der Waals surface area (Å²) in [6.07, 6.45) is 3.97. The number of nitrogens with zero attached hydrogens (tertiary/aromatic N) is 2. The molecule has 2 N–H and O–H groups in total. The van der Waals surface area contributed by atoms with Gasteiger partial charge < -0.3 is 5.73 Å². The standard InChI is InChI=1S/C17H19N3S/c1-11-7-14-16(8-12(11)2)20(10-19-14)15-5-4-6-17(21-3)13(15)9-18/h4-8,10H,9,18H2,1-3H3. The Hall–Kier alpha value is -1.78. The monoisotopic (exact) mass is 297 g/mol. The number of aryl methyl sites for hydroxylation is 2. The number of imidazole rings is 1. The second-order valence-corrected chi connectivity index (χ2v) is 6.05. The van der Waals surface area contributed by atoms with Crippen molar-refractivity contribution in [2.45, 2.75) is 25.3 Å². The molecular formula is C17H19N3S. The first-order chi connectivity index (χ1) is 10.2. The third-order valence-electron chi connectivity index (χ3n) is 3.95. The van der Waals surface area contributed by atoms with Gasteiger partial charge in [-0.05, 0) is 55.5 Å². The van der Waals surface area contributed by atoms with Crippen LogP contribution in [0, 0.1) is 13.8 Å². The highest BCUT2D eigenvalue weighted by molar-refractivity contribution is 7.98. The van der Waals surface area contributed by atoms with Gasteiger partial charge in [0, 0.05) is 17.0 Å². The molecule has 0 spiro atoms. The normalized spacial score (nSPS) is 11.2. The zero-order valence-electron chi connectivity index (χ0n) is 12.6. The fourth-order valence-corrected chi connectivity index (χ4v) is 3.28. The molecule has 0 amide bonds. The van der Waals surface area contributed by atoms with E-state index in [0.29, 0.717) is 6.54 Å². The summed E-state index contributed by atoms with van der Waals surface area (Å²) in [4.78, 5) is 5.77. The smallest absolute Gasteiger partial charge is 0.100 e. The van der Waals surface area contributed by atoms with Crippen molar-refractivity contribution in [1.29, 1.82) is 0 Å². The van der Waals surface area contributed by atoms with Gasteiger partial charge in [0.2, 0.25) is 0 Å². The van der Waals surface area contributed by atoms with E-state index in [2.05, 4.69) is 60.0 Å². The van der Waals surface area contributed by atoms with Gasteiger partial charge in [-0.2, -0.15) is 0 Å². The van der Waals surface area contributed by atoms with Gasteiger partial charge in [0.15, 0.2) is 0 Å². The molecule has 0 atom stereocenters. The van der Waals surface area contributed by atoms with E-state index in [0.717, 1.165) is 16.7 Å². The zero-order valence-corrected chi connectivity index (χ0v) is 13.4. The highest BCUT2D eigenvalue weighted by Crippen LogP contribution is 2.29. The van der Waals surface area contributed by atoms with Crippen molar-refractivity contribution >= 4 is 22.8 Å². The van der Waals surface area contributed by atoms with Crippen LogP contribution in [0.3, 0.4) is 0 Å². The zero-order chi connectivity index (χ0) is 15.0. The van der Waals surface area contributed by atoms with Gasteiger partial charge in [-0.3, -0.25) is 4.57 Å². The molecule has 0 bridgehead atoms. The van der Waals surface area contributed by atoms with Gasteiger partial charge in [-0.15, -0.1) is 11.8 Å². The number of nitrogens with two attached hydrogens (primary N) is 1. The SMILES string of the molecule is CSc1cccc(-n2cnc3cc(C)c(C)cc32)c1CN. The molecule has 0 aliphatic rings. The summed E-state index contributed by atoms with van der Waals surface area (Å²) >= 11 is 1.73. The lowest BCUT2D eigenvalue weighted by molar-refractivity contribution is 0.968. The number of aromatic nitrogens is 2. The Morgan fingerprint density at radius 2 is 1.95 bits per heavy atom. The molecule has 2 aromatic carbocycles. The molecule has 0 aliphatic heterocycles. The highest BCUT2D eigenvalue weighted by Gasteiger charge is 2.12. The van der Waals surface area contributed by atoms with Crippen molar-refractivity contribution in [2.24, 2.45) is 5.73 Å². The maximum atomic E-state index is 5.98. The fraction of sp³-hybridized carbons (Fsp3) is 0.235. The summed E-state index contributed by atoms with van der Waals surface area (Å²) in [6.45, 7) is 4.78. The minimum absolute atomic E-state index is 0.525. The summed E-state index contributed by atoms with van der Waals surface area (Å²) in [6, 6.07) is 10.6. The summed E-state index contributed by atoms with van der Waals surface area (Å²) in [5.41, 5.74) is 13.0. The van der Waals surface area contributed by atoms with E-state index in [4.69, 9.17) is 5.73 Å². The highest BCUT2D eigenvalue weighted by atomic mass is 32.2. The fourth-order valence-electron chi connectivity index (χ4n) is 2.63. The molecule has 3 nitrogen and oxygen atoms in total. The van der Waals surface area contributed by atoms with Gasteiger partial charge in [-0.1, -0.05) is 6.07 Å². The Labute approximate surface area is 129 Å². The molecule has 0 unspecified atom stereocenters. The lowest BCUT2D eigenvalue weighted by Crippen LogP contribution is -2.05. The number of fused-ring (bicyclic) bond motifs is 1. The number of benzene rings is 2. The van der Waals surface area contributed by atoms with Crippen LogP contribution in [0.2, 0.25) is 0 Å². The first kappa shape index (κ1) is 14.2. The van der Waals surface area contributed by atoms with Gasteiger partial charge >= 0.3 is 0 Å². The second-order valence-electron chi connectivity index (χ2n) is 5.20. The molecule has 0 radical (unpaired) electrons. The maximum Gasteiger partial charge on any atom is 0.100 e. The first-order valence-electron chi connectivity index (χ1n) is 6.96. The molecular weight excluding hydrogens is 278 g/mol. The molecule has 0 saturated heterocycles. The molecule has 1 heterocycles. The Kier molecular flexibility index (Phi) is 3.74. The van der Waals surface area contributed by atoms with Crippen molar-refractivity contribution in [3.63, 3.8) is 0 Å². The largest absolute Gasteiger partial charge is 0.326 e. The van der Waals surface area contributed by atoms with E-state index in [-0.39, 0.29) is 0 Å². The van der Waals surface area contributed by atoms with E-state index < -0.39 is 0 Å². The van der Waals surface area contributed by atoms with Gasteiger partial charge in [-0.25, -0.2) is 4.98 Å². The number of hydrogen-bond donors (Lipinski definition) is 1. The van der Waals surface area contributed by atoms with E-state index in [1.165, 1.54) is 21.6 Å². The van der Waals surface area contributed by atoms with Crippen LogP contribution in [0.1, 0.15) is 16.7 Å². The molecule has 3 rings (SSSR count). The van der Waals surface area contributed by atoms with Gasteiger partial charge in [0.1, 0.15) is 6.33 Å². The molecule has 4 heteroatoms. The maximum absolute atomic E-state index is 5.98. The quantitative estimate of drug-likeness (QED) is 0.747. The Morgan fingerprint density at radius 3 is 2.67 bits per heavy atom. The molecule has 108 valence electrons. The van der Waals surface area contributed by atoms with Crippen molar-refractivity contribution in [1.82, 2.24) is 9.55 Å². The van der Waals surface area contributed by atoms with E-state index in [1.807, 2.05) is 6.33 Å². The third kappa shape index (κ3) is 2.34. The minimum atomic E-state index is 0.525. The van der Waals surface area contributed by atoms with Crippen molar-refractivity contribution in [3.05, 3.63) is 53.3 Å². The van der Waals surface area contributed by atoms with Crippen LogP contribution in [0.4, 0.5) is 0 Å². The van der Waals surface area contributed by atoms with Crippen LogP contribution in [0.5, 0.6) is 0 Å². The van der Waals surface area contributed by atoms with E-state index >= 15 is 0 Å². The van der Waals surface area contributed by atoms with Crippen LogP contribution in [-0.4, -0.2) is 15.8 Å². The molecule has 1 aromatic heterocycles. The topological polar surface area (TPSA) is 43.8 Å². The van der Waals surface area contributed by atoms with Crippen molar-refractivity contribution in [2.75, 3.05) is 6.26 Å². The number of rotatable bonds is 3. The van der Waals surface area contributed by atoms with Crippen LogP contribution >= 0.6 is 11.8 Å². The lowest BCUT2D eigenvalue weighted by atomic mass is 10.1. The summed E-state index contributed by atoms with van der Waals surface area (Å²) in [5, 5.41) is 0. The van der Waals surface area contributed by atoms with Crippen LogP contribution in [0.15, 0.2) is 41.6 Å². The van der Waals surface area contributed by atoms with Crippen LogP contribution in [-0.2, 0) is 6.54 Å². The lowest BCUT2D eigenvalue weighted by Gasteiger charge is -2.13. The summed E-state index contributed by atoms with van der Waals surface area (Å²) < 4.78 is 2.14. The average molecular weight is 297 g/mol. The third-order valence-corrected chi connectivity index (χ3v) is 4.78. The van der Waals surface area contributed by atoms with Crippen molar-refractivity contribution in [3.8, 4) is 5.69 Å². The van der Waals surface area contributed by atoms with Gasteiger partial charge in [0.05, 0.1) is 16.7 Å². The molecule has 0 aliphatic carbocycles. The minimum Gasteiger partial charge on any atom is -0.326 e. The van der Waals surface area contributed by atoms with E-state index in [9.17, 15) is 0 Å². The first-order valence-corrected chi connectivity index (χ1v) is 8.18. The number of thioether (sulfide) groups is 1. The summed E-state index contributed by atoms with van der Waals surface area (Å²) in [5.74, 6) is 0. The molecule has 21 heavy (non-hydrogen) atoms. The van der Waals surface area contributed by atoms with Gasteiger partial charge in [0.25, 0.3) is 0 Å². The Morgan fingerprint density at radius 1 is 1.19 bits per heavy atom. The average Bonchev–Trinajstić information content (AvgIpc) is 2.89. The van der Waals surface area contributed by atoms with Crippen LogP contribution < -0.4 is 5.73 Å². The predicted octanol–water partition coefficient (Wildman–Crippen LogP) is 3.82. The van der Waals surface area contributed by atoms with Crippen LogP contribution in [0.25, 0.3) is 16.7 Å². The predicted molar refractivity (Wildman–Crippen MR) is 90.2 cm³/mol. The Bertz CT molecular complexity index is 805. The number of hydrogen-bond acceptors (Lipinski definition) is 3. The van der Waals surface area contributed by atoms with E-state index in [1.54, 1.807) is 11.8 Å². The molecule has 0 saturated carbocycles. The van der Waals surface area contributed by atoms with Crippen molar-refractivity contribution < 1.29 is 0 Å². The second kappa shape index (κ2) is 5.54. The molecule has 3 aromatic rings.